The number of hydrogen-bond donors (Lipinski definition) is 1. The topological polar surface area (TPSA) is 27.7 Å². The van der Waals surface area contributed by atoms with Crippen LogP contribution in [0.15, 0.2) is 0 Å². The van der Waals surface area contributed by atoms with E-state index in [9.17, 15) is 0 Å². The van der Waals surface area contributed by atoms with Gasteiger partial charge in [0, 0.05) is 26.7 Å². The maximum absolute atomic E-state index is 4.99. The summed E-state index contributed by atoms with van der Waals surface area (Å²) in [6, 6.07) is 0. The van der Waals surface area contributed by atoms with Gasteiger partial charge in [0.05, 0.1) is 6.61 Å². The number of ether oxygens (including phenoxy) is 1. The number of hydrogen-bond acceptors (Lipinski definition) is 4. The highest BCUT2D eigenvalue weighted by Gasteiger charge is 2.03. The van der Waals surface area contributed by atoms with Crippen molar-refractivity contribution in [2.75, 3.05) is 67.1 Å². The van der Waals surface area contributed by atoms with Gasteiger partial charge in [0.2, 0.25) is 0 Å². The molecular weight excluding hydrogens is 214 g/mol. The maximum atomic E-state index is 4.99. The smallest absolute Gasteiger partial charge is 0.0587 e. The van der Waals surface area contributed by atoms with Crippen molar-refractivity contribution in [3.63, 3.8) is 0 Å². The van der Waals surface area contributed by atoms with Crippen LogP contribution in [0.4, 0.5) is 0 Å². The van der Waals surface area contributed by atoms with E-state index >= 15 is 0 Å². The molecule has 0 aromatic carbocycles. The van der Waals surface area contributed by atoms with Crippen molar-refractivity contribution >= 4 is 0 Å². The monoisotopic (exact) mass is 245 g/mol. The summed E-state index contributed by atoms with van der Waals surface area (Å²) in [4.78, 5) is 4.80. The van der Waals surface area contributed by atoms with Crippen molar-refractivity contribution in [3.05, 3.63) is 0 Å². The van der Waals surface area contributed by atoms with Gasteiger partial charge in [-0.05, 0) is 46.6 Å². The largest absolute Gasteiger partial charge is 0.383 e. The first-order chi connectivity index (χ1) is 8.20. The van der Waals surface area contributed by atoms with Gasteiger partial charge in [-0.1, -0.05) is 6.92 Å². The lowest BCUT2D eigenvalue weighted by molar-refractivity contribution is 0.197. The molecule has 0 bridgehead atoms. The Kier molecular flexibility index (Phi) is 12.2. The predicted octanol–water partition coefficient (Wildman–Crippen LogP) is 0.886. The molecule has 0 rings (SSSR count). The van der Waals surface area contributed by atoms with E-state index in [1.165, 1.54) is 32.5 Å². The second-order valence-electron chi connectivity index (χ2n) is 4.74. The first-order valence-electron chi connectivity index (χ1n) is 6.77. The van der Waals surface area contributed by atoms with Crippen LogP contribution in [0.5, 0.6) is 0 Å². The molecule has 0 aliphatic carbocycles. The van der Waals surface area contributed by atoms with Crippen molar-refractivity contribution in [2.45, 2.75) is 19.8 Å². The predicted molar refractivity (Wildman–Crippen MR) is 74.6 cm³/mol. The summed E-state index contributed by atoms with van der Waals surface area (Å²) in [5.74, 6) is 0. The SMILES string of the molecule is CCCN(CCCNCCOC)CCN(C)C. The van der Waals surface area contributed by atoms with Gasteiger partial charge in [0.1, 0.15) is 0 Å². The average molecular weight is 245 g/mol. The van der Waals surface area contributed by atoms with Crippen LogP contribution in [0.2, 0.25) is 0 Å². The van der Waals surface area contributed by atoms with Crippen molar-refractivity contribution in [1.29, 1.82) is 0 Å². The molecule has 0 saturated heterocycles. The molecule has 0 amide bonds. The molecule has 17 heavy (non-hydrogen) atoms. The van der Waals surface area contributed by atoms with Gasteiger partial charge < -0.3 is 19.9 Å². The van der Waals surface area contributed by atoms with E-state index in [4.69, 9.17) is 4.74 Å². The van der Waals surface area contributed by atoms with Crippen LogP contribution in [-0.2, 0) is 4.74 Å². The van der Waals surface area contributed by atoms with Gasteiger partial charge in [-0.2, -0.15) is 0 Å². The van der Waals surface area contributed by atoms with Crippen molar-refractivity contribution in [1.82, 2.24) is 15.1 Å². The second-order valence-corrected chi connectivity index (χ2v) is 4.74. The van der Waals surface area contributed by atoms with E-state index in [0.29, 0.717) is 0 Å². The molecule has 0 saturated carbocycles. The lowest BCUT2D eigenvalue weighted by Gasteiger charge is -2.23. The lowest BCUT2D eigenvalue weighted by atomic mass is 10.3. The summed E-state index contributed by atoms with van der Waals surface area (Å²) in [7, 11) is 6.01. The van der Waals surface area contributed by atoms with Gasteiger partial charge in [-0.15, -0.1) is 0 Å². The van der Waals surface area contributed by atoms with E-state index in [-0.39, 0.29) is 0 Å². The van der Waals surface area contributed by atoms with E-state index in [0.717, 1.165) is 26.2 Å². The van der Waals surface area contributed by atoms with Crippen LogP contribution in [0.3, 0.4) is 0 Å². The fourth-order valence-corrected chi connectivity index (χ4v) is 1.72. The first-order valence-corrected chi connectivity index (χ1v) is 6.77. The molecule has 4 nitrogen and oxygen atoms in total. The third-order valence-electron chi connectivity index (χ3n) is 2.71. The highest BCUT2D eigenvalue weighted by atomic mass is 16.5. The molecule has 0 aromatic rings. The van der Waals surface area contributed by atoms with Gasteiger partial charge in [-0.3, -0.25) is 0 Å². The standard InChI is InChI=1S/C13H31N3O/c1-5-9-16(12-11-15(2)3)10-6-7-14-8-13-17-4/h14H,5-13H2,1-4H3. The van der Waals surface area contributed by atoms with Crippen LogP contribution < -0.4 is 5.32 Å². The Morgan fingerprint density at radius 3 is 2.35 bits per heavy atom. The van der Waals surface area contributed by atoms with Crippen LogP contribution in [0, 0.1) is 0 Å². The van der Waals surface area contributed by atoms with Gasteiger partial charge >= 0.3 is 0 Å². The van der Waals surface area contributed by atoms with Crippen molar-refractivity contribution in [2.24, 2.45) is 0 Å². The van der Waals surface area contributed by atoms with Crippen molar-refractivity contribution < 1.29 is 4.74 Å². The molecule has 0 fully saturated rings. The summed E-state index contributed by atoms with van der Waals surface area (Å²) in [5.41, 5.74) is 0. The second kappa shape index (κ2) is 12.3. The lowest BCUT2D eigenvalue weighted by Crippen LogP contribution is -2.34. The zero-order chi connectivity index (χ0) is 12.9. The minimum absolute atomic E-state index is 0.805. The summed E-state index contributed by atoms with van der Waals surface area (Å²) in [6.45, 7) is 9.84. The highest BCUT2D eigenvalue weighted by Crippen LogP contribution is 1.94. The maximum Gasteiger partial charge on any atom is 0.0587 e. The zero-order valence-corrected chi connectivity index (χ0v) is 12.2. The fourth-order valence-electron chi connectivity index (χ4n) is 1.72. The number of rotatable bonds is 12. The zero-order valence-electron chi connectivity index (χ0n) is 12.2. The molecular formula is C13H31N3O. The van der Waals surface area contributed by atoms with E-state index in [2.05, 4.69) is 36.1 Å². The van der Waals surface area contributed by atoms with E-state index in [1.807, 2.05) is 0 Å². The quantitative estimate of drug-likeness (QED) is 0.517. The first kappa shape index (κ1) is 16.8. The molecule has 4 heteroatoms. The fraction of sp³-hybridized carbons (Fsp3) is 1.00. The summed E-state index contributed by atoms with van der Waals surface area (Å²) >= 11 is 0. The normalized spacial score (nSPS) is 11.6. The Balaban J connectivity index is 3.48. The highest BCUT2D eigenvalue weighted by molar-refractivity contribution is 4.60. The molecule has 1 N–H and O–H groups in total. The van der Waals surface area contributed by atoms with Gasteiger partial charge in [-0.25, -0.2) is 0 Å². The third kappa shape index (κ3) is 12.1. The number of nitrogens with one attached hydrogen (secondary N) is 1. The van der Waals surface area contributed by atoms with Crippen LogP contribution in [0.25, 0.3) is 0 Å². The average Bonchev–Trinajstić information content (AvgIpc) is 2.30. The molecule has 104 valence electrons. The summed E-state index contributed by atoms with van der Waals surface area (Å²) < 4.78 is 4.99. The van der Waals surface area contributed by atoms with Crippen molar-refractivity contribution in [3.8, 4) is 0 Å². The molecule has 0 unspecified atom stereocenters. The van der Waals surface area contributed by atoms with Crippen LogP contribution >= 0.6 is 0 Å². The number of likely N-dealkylation sites (N-methyl/N-ethyl adjacent to an activating group) is 1. The molecule has 0 aliphatic rings. The Hall–Kier alpha value is -0.160. The molecule has 0 radical (unpaired) electrons. The summed E-state index contributed by atoms with van der Waals surface area (Å²) in [6.07, 6.45) is 2.46. The third-order valence-corrected chi connectivity index (χ3v) is 2.71. The minimum atomic E-state index is 0.805. The van der Waals surface area contributed by atoms with Gasteiger partial charge in [0.25, 0.3) is 0 Å². The van der Waals surface area contributed by atoms with Crippen LogP contribution in [-0.4, -0.2) is 76.9 Å². The molecule has 0 heterocycles. The van der Waals surface area contributed by atoms with Crippen LogP contribution in [0.1, 0.15) is 19.8 Å². The molecule has 0 spiro atoms. The van der Waals surface area contributed by atoms with E-state index < -0.39 is 0 Å². The number of methoxy groups -OCH3 is 1. The molecule has 0 aliphatic heterocycles. The summed E-state index contributed by atoms with van der Waals surface area (Å²) in [5, 5.41) is 3.39. The number of nitrogens with zero attached hydrogens (tertiary/aromatic N) is 2. The Morgan fingerprint density at radius 2 is 1.76 bits per heavy atom. The van der Waals surface area contributed by atoms with E-state index in [1.54, 1.807) is 7.11 Å². The Bertz CT molecular complexity index is 154. The Morgan fingerprint density at radius 1 is 1.00 bits per heavy atom. The minimum Gasteiger partial charge on any atom is -0.383 e. The Labute approximate surface area is 107 Å². The molecule has 0 aromatic heterocycles. The molecule has 0 atom stereocenters. The van der Waals surface area contributed by atoms with Gasteiger partial charge in [0.15, 0.2) is 0 Å².